The van der Waals surface area contributed by atoms with E-state index >= 15 is 0 Å². The van der Waals surface area contributed by atoms with Crippen molar-refractivity contribution in [1.82, 2.24) is 4.90 Å². The molecule has 2 N–H and O–H groups in total. The maximum Gasteiger partial charge on any atom is 0.322 e. The zero-order chi connectivity index (χ0) is 13.8. The third kappa shape index (κ3) is 3.59. The Labute approximate surface area is 117 Å². The highest BCUT2D eigenvalue weighted by Gasteiger charge is 2.29. The molecule has 0 radical (unpaired) electrons. The van der Waals surface area contributed by atoms with Crippen molar-refractivity contribution in [3.63, 3.8) is 0 Å². The number of morpholine rings is 1. The molecule has 2 amide bonds. The molecule has 0 saturated carbocycles. The number of hydrogen-bond acceptors (Lipinski definition) is 3. The zero-order valence-electron chi connectivity index (χ0n) is 10.7. The Morgan fingerprint density at radius 2 is 2.42 bits per heavy atom. The Hall–Kier alpha value is -1.30. The van der Waals surface area contributed by atoms with E-state index in [1.807, 2.05) is 6.92 Å². The van der Waals surface area contributed by atoms with Gasteiger partial charge in [-0.3, -0.25) is 0 Å². The molecule has 2 rings (SSSR count). The molecule has 1 saturated heterocycles. The number of amides is 2. The second-order valence-electron chi connectivity index (χ2n) is 4.58. The van der Waals surface area contributed by atoms with Gasteiger partial charge in [0.05, 0.1) is 31.9 Å². The van der Waals surface area contributed by atoms with Gasteiger partial charge in [-0.2, -0.15) is 0 Å². The normalized spacial score (nSPS) is 23.2. The molecule has 1 aliphatic heterocycles. The van der Waals surface area contributed by atoms with E-state index in [0.717, 1.165) is 0 Å². The Balaban J connectivity index is 2.02. The number of aliphatic hydroxyl groups is 1. The molecule has 0 spiro atoms. The van der Waals surface area contributed by atoms with Crippen molar-refractivity contribution in [3.05, 3.63) is 29.3 Å². The summed E-state index contributed by atoms with van der Waals surface area (Å²) in [4.78, 5) is 13.8. The number of nitrogens with zero attached hydrogens (tertiary/aromatic N) is 1. The van der Waals surface area contributed by atoms with Crippen LogP contribution in [0.5, 0.6) is 0 Å². The fraction of sp³-hybridized carbons (Fsp3) is 0.462. The quantitative estimate of drug-likeness (QED) is 0.873. The molecule has 0 aromatic heterocycles. The Bertz CT molecular complexity index is 455. The maximum absolute atomic E-state index is 12.2. The average Bonchev–Trinajstić information content (AvgIpc) is 2.39. The van der Waals surface area contributed by atoms with Gasteiger partial charge in [0.15, 0.2) is 0 Å². The van der Waals surface area contributed by atoms with Gasteiger partial charge in [0.25, 0.3) is 0 Å². The Morgan fingerprint density at radius 3 is 3.11 bits per heavy atom. The van der Waals surface area contributed by atoms with Crippen molar-refractivity contribution in [2.45, 2.75) is 19.1 Å². The van der Waals surface area contributed by atoms with Gasteiger partial charge >= 0.3 is 6.03 Å². The van der Waals surface area contributed by atoms with E-state index in [4.69, 9.17) is 21.4 Å². The first-order valence-electron chi connectivity index (χ1n) is 6.16. The first kappa shape index (κ1) is 14.1. The standard InChI is InChI=1S/C13H17ClN2O3/c1-9-8-19-12(7-17)6-16(9)13(18)15-11-4-2-3-10(14)5-11/h2-5,9,12,17H,6-8H2,1H3,(H,15,18). The highest BCUT2D eigenvalue weighted by molar-refractivity contribution is 6.30. The number of nitrogens with one attached hydrogen (secondary N) is 1. The van der Waals surface area contributed by atoms with Gasteiger partial charge in [-0.05, 0) is 25.1 Å². The van der Waals surface area contributed by atoms with Crippen LogP contribution in [0.1, 0.15) is 6.92 Å². The van der Waals surface area contributed by atoms with Crippen LogP contribution in [0, 0.1) is 0 Å². The predicted molar refractivity (Wildman–Crippen MR) is 73.5 cm³/mol. The Kier molecular flexibility index (Phi) is 4.63. The number of carbonyl (C=O) groups is 1. The lowest BCUT2D eigenvalue weighted by atomic mass is 10.2. The van der Waals surface area contributed by atoms with Crippen LogP contribution in [0.3, 0.4) is 0 Å². The summed E-state index contributed by atoms with van der Waals surface area (Å²) in [6.07, 6.45) is -0.318. The van der Waals surface area contributed by atoms with Crippen LogP contribution in [-0.2, 0) is 4.74 Å². The first-order valence-corrected chi connectivity index (χ1v) is 6.53. The number of hydrogen-bond donors (Lipinski definition) is 2. The minimum absolute atomic E-state index is 0.0259. The molecule has 6 heteroatoms. The van der Waals surface area contributed by atoms with E-state index in [1.165, 1.54) is 0 Å². The summed E-state index contributed by atoms with van der Waals surface area (Å²) in [6, 6.07) is 6.75. The number of ether oxygens (including phenoxy) is 1. The van der Waals surface area contributed by atoms with Crippen LogP contribution in [0.25, 0.3) is 0 Å². The van der Waals surface area contributed by atoms with Crippen molar-refractivity contribution < 1.29 is 14.6 Å². The number of halogens is 1. The summed E-state index contributed by atoms with van der Waals surface area (Å²) in [5.74, 6) is 0. The van der Waals surface area contributed by atoms with Crippen LogP contribution < -0.4 is 5.32 Å². The molecule has 104 valence electrons. The number of aliphatic hydroxyl groups excluding tert-OH is 1. The summed E-state index contributed by atoms with van der Waals surface area (Å²) < 4.78 is 5.40. The number of rotatable bonds is 2. The van der Waals surface area contributed by atoms with Gasteiger partial charge in [-0.1, -0.05) is 17.7 Å². The summed E-state index contributed by atoms with van der Waals surface area (Å²) in [5, 5.41) is 12.5. The van der Waals surface area contributed by atoms with Gasteiger partial charge in [0.2, 0.25) is 0 Å². The maximum atomic E-state index is 12.2. The molecule has 1 aromatic carbocycles. The van der Waals surface area contributed by atoms with Crippen molar-refractivity contribution in [3.8, 4) is 0 Å². The second-order valence-corrected chi connectivity index (χ2v) is 5.02. The number of urea groups is 1. The topological polar surface area (TPSA) is 61.8 Å². The lowest BCUT2D eigenvalue weighted by Gasteiger charge is -2.37. The van der Waals surface area contributed by atoms with Gasteiger partial charge in [0, 0.05) is 10.7 Å². The third-order valence-electron chi connectivity index (χ3n) is 3.05. The molecule has 5 nitrogen and oxygen atoms in total. The number of benzene rings is 1. The van der Waals surface area contributed by atoms with Gasteiger partial charge in [0.1, 0.15) is 0 Å². The molecule has 1 aliphatic rings. The lowest BCUT2D eigenvalue weighted by molar-refractivity contribution is -0.0611. The van der Waals surface area contributed by atoms with Crippen molar-refractivity contribution >= 4 is 23.3 Å². The number of carbonyl (C=O) groups excluding carboxylic acids is 1. The van der Waals surface area contributed by atoms with E-state index < -0.39 is 0 Å². The van der Waals surface area contributed by atoms with E-state index in [0.29, 0.717) is 23.9 Å². The molecule has 1 heterocycles. The molecule has 0 bridgehead atoms. The first-order chi connectivity index (χ1) is 9.10. The number of anilines is 1. The molecular weight excluding hydrogens is 268 g/mol. The molecular formula is C13H17ClN2O3. The van der Waals surface area contributed by atoms with Crippen LogP contribution in [-0.4, -0.2) is 47.9 Å². The van der Waals surface area contributed by atoms with Crippen LogP contribution in [0.4, 0.5) is 10.5 Å². The fourth-order valence-corrected chi connectivity index (χ4v) is 2.16. The van der Waals surface area contributed by atoms with E-state index in [1.54, 1.807) is 29.2 Å². The average molecular weight is 285 g/mol. The molecule has 2 atom stereocenters. The highest BCUT2D eigenvalue weighted by Crippen LogP contribution is 2.17. The van der Waals surface area contributed by atoms with Crippen LogP contribution >= 0.6 is 11.6 Å². The molecule has 1 fully saturated rings. The highest BCUT2D eigenvalue weighted by atomic mass is 35.5. The van der Waals surface area contributed by atoms with Gasteiger partial charge in [-0.25, -0.2) is 4.79 Å². The SMILES string of the molecule is CC1COC(CO)CN1C(=O)Nc1cccc(Cl)c1. The van der Waals surface area contributed by atoms with E-state index in [-0.39, 0.29) is 24.8 Å². The Morgan fingerprint density at radius 1 is 1.63 bits per heavy atom. The molecule has 0 aliphatic carbocycles. The molecule has 1 aromatic rings. The zero-order valence-corrected chi connectivity index (χ0v) is 11.4. The summed E-state index contributed by atoms with van der Waals surface area (Å²) in [7, 11) is 0. The van der Waals surface area contributed by atoms with Crippen molar-refractivity contribution in [2.24, 2.45) is 0 Å². The van der Waals surface area contributed by atoms with Crippen molar-refractivity contribution in [2.75, 3.05) is 25.1 Å². The molecule has 2 unspecified atom stereocenters. The minimum atomic E-state index is -0.318. The predicted octanol–water partition coefficient (Wildman–Crippen LogP) is 1.95. The summed E-state index contributed by atoms with van der Waals surface area (Å²) in [6.45, 7) is 2.62. The monoisotopic (exact) mass is 284 g/mol. The van der Waals surface area contributed by atoms with E-state index in [9.17, 15) is 4.79 Å². The largest absolute Gasteiger partial charge is 0.394 e. The third-order valence-corrected chi connectivity index (χ3v) is 3.28. The van der Waals surface area contributed by atoms with Crippen LogP contribution in [0.2, 0.25) is 5.02 Å². The second kappa shape index (κ2) is 6.23. The van der Waals surface area contributed by atoms with Crippen LogP contribution in [0.15, 0.2) is 24.3 Å². The van der Waals surface area contributed by atoms with E-state index in [2.05, 4.69) is 5.32 Å². The van der Waals surface area contributed by atoms with Gasteiger partial charge < -0.3 is 20.1 Å². The summed E-state index contributed by atoms with van der Waals surface area (Å²) >= 11 is 5.87. The minimum Gasteiger partial charge on any atom is -0.394 e. The fourth-order valence-electron chi connectivity index (χ4n) is 1.97. The van der Waals surface area contributed by atoms with Gasteiger partial charge in [-0.15, -0.1) is 0 Å². The summed E-state index contributed by atoms with van der Waals surface area (Å²) in [5.41, 5.74) is 0.650. The smallest absolute Gasteiger partial charge is 0.322 e. The molecule has 19 heavy (non-hydrogen) atoms. The van der Waals surface area contributed by atoms with Crippen molar-refractivity contribution in [1.29, 1.82) is 0 Å². The lowest BCUT2D eigenvalue weighted by Crippen LogP contribution is -2.53.